The first-order chi connectivity index (χ1) is 27.0. The minimum Gasteiger partial charge on any atom is -0.744 e. The molecule has 0 unspecified atom stereocenters. The Kier molecular flexibility index (Phi) is 19.9. The first-order valence-corrected chi connectivity index (χ1v) is 21.7. The van der Waals surface area contributed by atoms with E-state index in [1.807, 2.05) is 0 Å². The number of hydrogen-bond acceptors (Lipinski definition) is 17. The van der Waals surface area contributed by atoms with Gasteiger partial charge in [-0.2, -0.15) is 20.5 Å². The molecule has 0 fully saturated rings. The first kappa shape index (κ1) is 56.1. The van der Waals surface area contributed by atoms with Crippen LogP contribution in [0.5, 0.6) is 0 Å². The largest absolute Gasteiger partial charge is 1.00 e. The van der Waals surface area contributed by atoms with Gasteiger partial charge in [-0.1, -0.05) is 12.1 Å². The van der Waals surface area contributed by atoms with Crippen molar-refractivity contribution < 1.29 is 175 Å². The van der Waals surface area contributed by atoms with E-state index in [2.05, 4.69) is 31.1 Å². The quantitative estimate of drug-likeness (QED) is 0.0738. The van der Waals surface area contributed by atoms with E-state index < -0.39 is 66.1 Å². The number of benzene rings is 6. The van der Waals surface area contributed by atoms with E-state index in [0.717, 1.165) is 12.1 Å². The molecule has 27 heteroatoms. The number of azo groups is 2. The van der Waals surface area contributed by atoms with Crippen LogP contribution in [0, 0.1) is 13.8 Å². The number of nitrogens with zero attached hydrogens (tertiary/aromatic N) is 4. The van der Waals surface area contributed by atoms with Gasteiger partial charge in [-0.25, -0.2) is 38.5 Å². The van der Waals surface area contributed by atoms with Crippen molar-refractivity contribution in [2.45, 2.75) is 33.4 Å². The number of amides is 2. The molecule has 0 heterocycles. The van der Waals surface area contributed by atoms with Gasteiger partial charge in [0.05, 0.1) is 42.3 Å². The maximum atomic E-state index is 12.8. The zero-order chi connectivity index (χ0) is 42.4. The molecular formula is C35H24N6Na4O13S4. The minimum absolute atomic E-state index is 0. The molecule has 0 aliphatic rings. The molecule has 6 rings (SSSR count). The zero-order valence-corrected chi connectivity index (χ0v) is 44.7. The number of carbonyl (C=O) groups excluding carboxylic acids is 1. The smallest absolute Gasteiger partial charge is 0.744 e. The van der Waals surface area contributed by atoms with Crippen LogP contribution in [0.15, 0.2) is 137 Å². The molecule has 0 bridgehead atoms. The van der Waals surface area contributed by atoms with Crippen LogP contribution in [0.1, 0.15) is 11.1 Å². The normalized spacial score (nSPS) is 12.0. The molecular weight excluding hydrogens is 933 g/mol. The summed E-state index contributed by atoms with van der Waals surface area (Å²) in [6.07, 6.45) is 0. The molecule has 0 aliphatic carbocycles. The second kappa shape index (κ2) is 22.0. The summed E-state index contributed by atoms with van der Waals surface area (Å²) in [5, 5.41) is 21.5. The number of aryl methyl sites for hydroxylation is 2. The molecule has 0 aromatic heterocycles. The Hall–Kier alpha value is -2.05. The molecule has 6 aromatic carbocycles. The second-order valence-corrected chi connectivity index (χ2v) is 17.9. The van der Waals surface area contributed by atoms with Gasteiger partial charge in [0.25, 0.3) is 0 Å². The molecule has 2 amide bonds. The van der Waals surface area contributed by atoms with Crippen molar-refractivity contribution in [2.24, 2.45) is 20.5 Å². The van der Waals surface area contributed by atoms with E-state index in [1.165, 1.54) is 48.5 Å². The SMILES string of the molecule is Cc1cc(NC(=O)Nc2ccc(N=Nc3ccc4cc(S(=O)(=O)[O-])cc(S(=O)(=O)[O-])c4c3)c(C)c2)ccc1N=Nc1ccc2cc(S(=O)(=O)[O-])cc(S(=O)(=O)[O-])c2c1.[Na+].[Na+].[Na+].[Na+]. The molecule has 0 radical (unpaired) electrons. The summed E-state index contributed by atoms with van der Waals surface area (Å²) in [5.41, 5.74) is 2.83. The molecule has 300 valence electrons. The van der Waals surface area contributed by atoms with Crippen LogP contribution >= 0.6 is 0 Å². The number of nitrogens with one attached hydrogen (secondary N) is 2. The molecule has 2 N–H and O–H groups in total. The van der Waals surface area contributed by atoms with E-state index in [4.69, 9.17) is 0 Å². The maximum absolute atomic E-state index is 12.8. The fourth-order valence-electron chi connectivity index (χ4n) is 5.61. The van der Waals surface area contributed by atoms with Gasteiger partial charge in [0.2, 0.25) is 0 Å². The van der Waals surface area contributed by atoms with Crippen molar-refractivity contribution in [3.05, 3.63) is 108 Å². The van der Waals surface area contributed by atoms with E-state index >= 15 is 0 Å². The summed E-state index contributed by atoms with van der Waals surface area (Å²) >= 11 is 0. The summed E-state index contributed by atoms with van der Waals surface area (Å²) in [5.74, 6) is 0. The molecule has 0 saturated carbocycles. The van der Waals surface area contributed by atoms with Crippen LogP contribution in [0.25, 0.3) is 21.5 Å². The molecule has 0 saturated heterocycles. The van der Waals surface area contributed by atoms with Gasteiger partial charge in [0.1, 0.15) is 40.5 Å². The summed E-state index contributed by atoms with van der Waals surface area (Å²) in [6.45, 7) is 3.36. The predicted molar refractivity (Wildman–Crippen MR) is 203 cm³/mol. The van der Waals surface area contributed by atoms with Crippen LogP contribution < -0.4 is 129 Å². The van der Waals surface area contributed by atoms with Gasteiger partial charge in [-0.3, -0.25) is 0 Å². The van der Waals surface area contributed by atoms with Gasteiger partial charge in [0, 0.05) is 22.1 Å². The molecule has 6 aromatic rings. The predicted octanol–water partition coefficient (Wildman–Crippen LogP) is -5.28. The van der Waals surface area contributed by atoms with Crippen molar-refractivity contribution in [3.63, 3.8) is 0 Å². The fraction of sp³-hybridized carbons (Fsp3) is 0.0571. The average molecular weight is 957 g/mol. The van der Waals surface area contributed by atoms with Gasteiger partial charge in [0.15, 0.2) is 0 Å². The molecule has 62 heavy (non-hydrogen) atoms. The Morgan fingerprint density at radius 1 is 0.452 bits per heavy atom. The standard InChI is InChI=1S/C35H28N6O13S4.4Na/c1-19-11-23(7-9-31(19)40-38-25-5-3-21-13-27(55(43,44)45)17-33(29(21)15-25)57(49,50)51)36-35(42)37-24-8-10-32(20(2)12-24)41-39-26-6-4-22-14-28(56(46,47)48)18-34(30(22)16-26)58(52,53)54;;;;/h3-18H,1-2H3,(H2,36,37,42)(H,43,44,45)(H,46,47,48)(H,49,50,51)(H,52,53,54);;;;/q;4*+1/p-4. The second-order valence-electron chi connectivity index (χ2n) is 12.5. The average Bonchev–Trinajstić information content (AvgIpc) is 3.11. The monoisotopic (exact) mass is 956 g/mol. The van der Waals surface area contributed by atoms with Gasteiger partial charge < -0.3 is 28.8 Å². The number of carbonyl (C=O) groups is 1. The van der Waals surface area contributed by atoms with Crippen LogP contribution in [0.4, 0.5) is 38.9 Å². The Morgan fingerprint density at radius 3 is 1.11 bits per heavy atom. The maximum Gasteiger partial charge on any atom is 1.00 e. The zero-order valence-electron chi connectivity index (χ0n) is 33.5. The van der Waals surface area contributed by atoms with Crippen LogP contribution in [0.2, 0.25) is 0 Å². The molecule has 0 atom stereocenters. The van der Waals surface area contributed by atoms with Gasteiger partial charge in [-0.15, -0.1) is 0 Å². The Morgan fingerprint density at radius 2 is 0.806 bits per heavy atom. The number of anilines is 2. The van der Waals surface area contributed by atoms with Gasteiger partial charge >= 0.3 is 124 Å². The van der Waals surface area contributed by atoms with E-state index in [-0.39, 0.29) is 151 Å². The number of hydrogen-bond donors (Lipinski definition) is 2. The van der Waals surface area contributed by atoms with Crippen molar-refractivity contribution in [1.82, 2.24) is 0 Å². The van der Waals surface area contributed by atoms with Crippen LogP contribution in [-0.2, 0) is 40.5 Å². The summed E-state index contributed by atoms with van der Waals surface area (Å²) in [7, 11) is -20.5. The van der Waals surface area contributed by atoms with E-state index in [9.17, 15) is 56.7 Å². The first-order valence-electron chi connectivity index (χ1n) is 16.1. The number of urea groups is 1. The third-order valence-corrected chi connectivity index (χ3v) is 11.7. The molecule has 0 spiro atoms. The Bertz CT molecular complexity index is 3030. The summed E-state index contributed by atoms with van der Waals surface area (Å²) in [4.78, 5) is 9.26. The molecule has 19 nitrogen and oxygen atoms in total. The summed E-state index contributed by atoms with van der Waals surface area (Å²) < 4.78 is 140. The number of fused-ring (bicyclic) bond motifs is 2. The van der Waals surface area contributed by atoms with Crippen molar-refractivity contribution >= 4 is 102 Å². The van der Waals surface area contributed by atoms with Crippen molar-refractivity contribution in [1.29, 1.82) is 0 Å². The minimum atomic E-state index is -5.18. The van der Waals surface area contributed by atoms with E-state index in [0.29, 0.717) is 46.0 Å². The summed E-state index contributed by atoms with van der Waals surface area (Å²) in [6, 6.07) is 19.4. The number of rotatable bonds is 10. The van der Waals surface area contributed by atoms with Crippen LogP contribution in [0.3, 0.4) is 0 Å². The Balaban J connectivity index is 0.00000331. The van der Waals surface area contributed by atoms with Gasteiger partial charge in [-0.05, 0) is 121 Å². The third kappa shape index (κ3) is 14.0. The van der Waals surface area contributed by atoms with E-state index in [1.54, 1.807) is 38.1 Å². The third-order valence-electron chi connectivity index (χ3n) is 8.32. The fourth-order valence-corrected chi connectivity index (χ4v) is 8.26. The Labute approximate surface area is 443 Å². The van der Waals surface area contributed by atoms with Crippen molar-refractivity contribution in [3.8, 4) is 0 Å². The van der Waals surface area contributed by atoms with Crippen molar-refractivity contribution in [2.75, 3.05) is 10.6 Å². The molecule has 0 aliphatic heterocycles. The van der Waals surface area contributed by atoms with Crippen LogP contribution in [-0.4, -0.2) is 57.9 Å². The topological polar surface area (TPSA) is 319 Å².